The molecule has 4 nitrogen and oxygen atoms in total. The van der Waals surface area contributed by atoms with Crippen LogP contribution in [0.25, 0.3) is 0 Å². The molecule has 1 aliphatic rings. The molecule has 0 aromatic heterocycles. The topological polar surface area (TPSA) is 71.4 Å². The summed E-state index contributed by atoms with van der Waals surface area (Å²) < 4.78 is 23.9. The van der Waals surface area contributed by atoms with Crippen LogP contribution >= 0.6 is 11.6 Å². The zero-order chi connectivity index (χ0) is 12.6. The van der Waals surface area contributed by atoms with Crippen LogP contribution in [0.15, 0.2) is 23.1 Å². The number of aliphatic carboxylic acids is 1. The highest BCUT2D eigenvalue weighted by Gasteiger charge is 2.37. The molecule has 1 aliphatic carbocycles. The van der Waals surface area contributed by atoms with Crippen molar-refractivity contribution in [2.75, 3.05) is 0 Å². The minimum Gasteiger partial charge on any atom is -0.481 e. The van der Waals surface area contributed by atoms with E-state index in [0.717, 1.165) is 0 Å². The van der Waals surface area contributed by atoms with Gasteiger partial charge in [-0.2, -0.15) is 0 Å². The Morgan fingerprint density at radius 2 is 2.06 bits per heavy atom. The summed E-state index contributed by atoms with van der Waals surface area (Å²) in [5, 5.41) is 8.42. The maximum atomic E-state index is 11.9. The Morgan fingerprint density at radius 1 is 1.41 bits per heavy atom. The van der Waals surface area contributed by atoms with E-state index < -0.39 is 15.8 Å². The Labute approximate surface area is 104 Å². The molecule has 0 atom stereocenters. The molecule has 1 aromatic carbocycles. The van der Waals surface area contributed by atoms with Crippen LogP contribution in [0, 0.1) is 0 Å². The Bertz CT molecular complexity index is 561. The van der Waals surface area contributed by atoms with E-state index in [0.29, 0.717) is 18.4 Å². The van der Waals surface area contributed by atoms with Crippen LogP contribution in [0.1, 0.15) is 18.4 Å². The number of carboxylic acid groups (broad SMARTS) is 1. The first-order valence-electron chi connectivity index (χ1n) is 5.15. The van der Waals surface area contributed by atoms with E-state index in [1.54, 1.807) is 0 Å². The molecular weight excluding hydrogens is 264 g/mol. The third kappa shape index (κ3) is 2.61. The van der Waals surface area contributed by atoms with E-state index in [2.05, 4.69) is 0 Å². The molecule has 0 bridgehead atoms. The van der Waals surface area contributed by atoms with Gasteiger partial charge in [0.15, 0.2) is 9.84 Å². The quantitative estimate of drug-likeness (QED) is 0.910. The highest BCUT2D eigenvalue weighted by molar-refractivity contribution is 7.92. The Balaban J connectivity index is 2.35. The van der Waals surface area contributed by atoms with Crippen molar-refractivity contribution in [3.8, 4) is 0 Å². The van der Waals surface area contributed by atoms with Gasteiger partial charge < -0.3 is 5.11 Å². The number of benzene rings is 1. The van der Waals surface area contributed by atoms with E-state index in [1.165, 1.54) is 18.2 Å². The van der Waals surface area contributed by atoms with Gasteiger partial charge in [0.1, 0.15) is 0 Å². The zero-order valence-electron chi connectivity index (χ0n) is 8.89. The van der Waals surface area contributed by atoms with Gasteiger partial charge in [-0.3, -0.25) is 4.79 Å². The standard InChI is InChI=1S/C11H11ClO4S/c12-9-5-7(6-11(13)14)1-4-10(9)17(15,16)8-2-3-8/h1,4-5,8H,2-3,6H2,(H,13,14). The minimum atomic E-state index is -3.32. The van der Waals surface area contributed by atoms with Crippen LogP contribution in [0.5, 0.6) is 0 Å². The number of hydrogen-bond acceptors (Lipinski definition) is 3. The van der Waals surface area contributed by atoms with E-state index in [4.69, 9.17) is 16.7 Å². The lowest BCUT2D eigenvalue weighted by Crippen LogP contribution is -2.08. The van der Waals surface area contributed by atoms with Gasteiger partial charge in [-0.05, 0) is 30.5 Å². The monoisotopic (exact) mass is 274 g/mol. The van der Waals surface area contributed by atoms with Crippen molar-refractivity contribution >= 4 is 27.4 Å². The van der Waals surface area contributed by atoms with Gasteiger partial charge in [0.25, 0.3) is 0 Å². The smallest absolute Gasteiger partial charge is 0.307 e. The molecule has 0 heterocycles. The fourth-order valence-corrected chi connectivity index (χ4v) is 3.85. The summed E-state index contributed by atoms with van der Waals surface area (Å²) in [5.41, 5.74) is 0.497. The molecule has 17 heavy (non-hydrogen) atoms. The van der Waals surface area contributed by atoms with E-state index >= 15 is 0 Å². The first-order chi connectivity index (χ1) is 7.91. The van der Waals surface area contributed by atoms with Crippen LogP contribution in [-0.2, 0) is 21.1 Å². The van der Waals surface area contributed by atoms with Gasteiger partial charge in [-0.1, -0.05) is 17.7 Å². The number of sulfone groups is 1. The van der Waals surface area contributed by atoms with Crippen molar-refractivity contribution in [1.82, 2.24) is 0 Å². The van der Waals surface area contributed by atoms with Crippen molar-refractivity contribution in [2.24, 2.45) is 0 Å². The molecule has 0 unspecified atom stereocenters. The van der Waals surface area contributed by atoms with E-state index in [-0.39, 0.29) is 21.6 Å². The molecule has 92 valence electrons. The SMILES string of the molecule is O=C(O)Cc1ccc(S(=O)(=O)C2CC2)c(Cl)c1. The predicted octanol–water partition coefficient (Wildman–Crippen LogP) is 1.90. The molecule has 1 aromatic rings. The summed E-state index contributed by atoms with van der Waals surface area (Å²) in [5.74, 6) is -0.973. The molecule has 1 N–H and O–H groups in total. The van der Waals surface area contributed by atoms with Gasteiger partial charge in [0, 0.05) is 0 Å². The van der Waals surface area contributed by atoms with Crippen molar-refractivity contribution in [3.05, 3.63) is 28.8 Å². The van der Waals surface area contributed by atoms with E-state index in [9.17, 15) is 13.2 Å². The molecule has 6 heteroatoms. The summed E-state index contributed by atoms with van der Waals surface area (Å²) in [4.78, 5) is 10.6. The molecular formula is C11H11ClO4S. The summed E-state index contributed by atoms with van der Waals surface area (Å²) in [6.45, 7) is 0. The lowest BCUT2D eigenvalue weighted by molar-refractivity contribution is -0.136. The average Bonchev–Trinajstić information content (AvgIpc) is 2.98. The summed E-state index contributed by atoms with van der Waals surface area (Å²) in [6.07, 6.45) is 1.19. The third-order valence-electron chi connectivity index (χ3n) is 2.62. The summed E-state index contributed by atoms with van der Waals surface area (Å²) in [6, 6.07) is 4.30. The summed E-state index contributed by atoms with van der Waals surface area (Å²) in [7, 11) is -3.32. The second-order valence-corrected chi connectivity index (χ2v) is 6.68. The minimum absolute atomic E-state index is 0.107. The second kappa shape index (κ2) is 4.31. The first kappa shape index (κ1) is 12.4. The maximum Gasteiger partial charge on any atom is 0.307 e. The number of hydrogen-bond donors (Lipinski definition) is 1. The lowest BCUT2D eigenvalue weighted by Gasteiger charge is -2.06. The molecule has 2 rings (SSSR count). The first-order valence-corrected chi connectivity index (χ1v) is 7.08. The van der Waals surface area contributed by atoms with Crippen molar-refractivity contribution < 1.29 is 18.3 Å². The highest BCUT2D eigenvalue weighted by atomic mass is 35.5. The Kier molecular flexibility index (Phi) is 3.14. The van der Waals surface area contributed by atoms with Crippen LogP contribution < -0.4 is 0 Å². The highest BCUT2D eigenvalue weighted by Crippen LogP contribution is 2.36. The molecule has 1 saturated carbocycles. The fraction of sp³-hybridized carbons (Fsp3) is 0.364. The number of rotatable bonds is 4. The van der Waals surface area contributed by atoms with Crippen LogP contribution in [0.4, 0.5) is 0 Å². The van der Waals surface area contributed by atoms with Crippen LogP contribution in [0.2, 0.25) is 5.02 Å². The molecule has 0 radical (unpaired) electrons. The normalized spacial score (nSPS) is 15.8. The lowest BCUT2D eigenvalue weighted by atomic mass is 10.1. The van der Waals surface area contributed by atoms with Gasteiger partial charge in [-0.25, -0.2) is 8.42 Å². The van der Waals surface area contributed by atoms with Crippen molar-refractivity contribution in [2.45, 2.75) is 29.4 Å². The van der Waals surface area contributed by atoms with Gasteiger partial charge in [-0.15, -0.1) is 0 Å². The van der Waals surface area contributed by atoms with Gasteiger partial charge in [0.2, 0.25) is 0 Å². The van der Waals surface area contributed by atoms with Crippen molar-refractivity contribution in [3.63, 3.8) is 0 Å². The van der Waals surface area contributed by atoms with Gasteiger partial charge in [0.05, 0.1) is 21.6 Å². The predicted molar refractivity (Wildman–Crippen MR) is 63.0 cm³/mol. The van der Waals surface area contributed by atoms with Crippen LogP contribution in [-0.4, -0.2) is 24.7 Å². The number of carbonyl (C=O) groups is 1. The zero-order valence-corrected chi connectivity index (χ0v) is 10.5. The number of halogens is 1. The Hall–Kier alpha value is -1.07. The third-order valence-corrected chi connectivity index (χ3v) is 5.36. The molecule has 1 fully saturated rings. The molecule has 0 amide bonds. The summed E-state index contributed by atoms with van der Waals surface area (Å²) >= 11 is 5.90. The fourth-order valence-electron chi connectivity index (χ4n) is 1.62. The molecule has 0 saturated heterocycles. The average molecular weight is 275 g/mol. The van der Waals surface area contributed by atoms with Crippen molar-refractivity contribution in [1.29, 1.82) is 0 Å². The van der Waals surface area contributed by atoms with Crippen LogP contribution in [0.3, 0.4) is 0 Å². The molecule has 0 aliphatic heterocycles. The molecule has 0 spiro atoms. The second-order valence-electron chi connectivity index (χ2n) is 4.08. The van der Waals surface area contributed by atoms with Gasteiger partial charge >= 0.3 is 5.97 Å². The maximum absolute atomic E-state index is 11.9. The number of carboxylic acids is 1. The largest absolute Gasteiger partial charge is 0.481 e. The Morgan fingerprint density at radius 3 is 2.53 bits per heavy atom. The van der Waals surface area contributed by atoms with E-state index in [1.807, 2.05) is 0 Å².